The molecule has 0 atom stereocenters. The van der Waals surface area contributed by atoms with E-state index in [1.54, 1.807) is 45.9 Å². The van der Waals surface area contributed by atoms with Gasteiger partial charge in [0.15, 0.2) is 0 Å². The number of benzene rings is 3. The molecule has 0 spiro atoms. The minimum atomic E-state index is -4.95. The normalized spacial score (nSPS) is 14.5. The van der Waals surface area contributed by atoms with Gasteiger partial charge in [-0.3, -0.25) is 9.36 Å². The number of likely N-dealkylation sites (tertiary alicyclic amines) is 1. The molecular formula is C27H21Cl2F3N4O3. The molecule has 0 saturated carbocycles. The molecule has 1 aromatic heterocycles. The average Bonchev–Trinajstić information content (AvgIpc) is 3.25. The Hall–Kier alpha value is -3.76. The van der Waals surface area contributed by atoms with Gasteiger partial charge in [0.25, 0.3) is 5.78 Å². The summed E-state index contributed by atoms with van der Waals surface area (Å²) in [4.78, 5) is 41.8. The first kappa shape index (κ1) is 26.8. The fourth-order valence-electron chi connectivity index (χ4n) is 4.82. The van der Waals surface area contributed by atoms with E-state index in [9.17, 15) is 27.6 Å². The highest BCUT2D eigenvalue weighted by molar-refractivity contribution is 6.42. The molecular weight excluding hydrogens is 556 g/mol. The maximum absolute atomic E-state index is 13.0. The van der Waals surface area contributed by atoms with E-state index >= 15 is 0 Å². The number of halogens is 5. The Balaban J connectivity index is 1.33. The molecule has 1 saturated heterocycles. The van der Waals surface area contributed by atoms with Gasteiger partial charge in [-0.2, -0.15) is 13.2 Å². The van der Waals surface area contributed by atoms with Gasteiger partial charge in [-0.25, -0.2) is 9.59 Å². The van der Waals surface area contributed by atoms with E-state index in [1.807, 2.05) is 0 Å². The summed E-state index contributed by atoms with van der Waals surface area (Å²) in [5.41, 5.74) is 2.10. The number of aromatic amines is 1. The Morgan fingerprint density at radius 3 is 2.28 bits per heavy atom. The molecule has 4 aromatic rings. The third-order valence-electron chi connectivity index (χ3n) is 6.76. The number of fused-ring (bicyclic) bond motifs is 1. The van der Waals surface area contributed by atoms with Crippen molar-refractivity contribution in [3.8, 4) is 11.1 Å². The molecule has 2 heterocycles. The molecule has 202 valence electrons. The van der Waals surface area contributed by atoms with Crippen molar-refractivity contribution in [2.24, 2.45) is 0 Å². The van der Waals surface area contributed by atoms with E-state index in [4.69, 9.17) is 23.2 Å². The smallest absolute Gasteiger partial charge is 0.324 e. The van der Waals surface area contributed by atoms with Crippen LogP contribution in [0.5, 0.6) is 0 Å². The molecule has 7 nitrogen and oxygen atoms in total. The summed E-state index contributed by atoms with van der Waals surface area (Å²) in [7, 11) is 0. The predicted molar refractivity (Wildman–Crippen MR) is 144 cm³/mol. The monoisotopic (exact) mass is 576 g/mol. The lowest BCUT2D eigenvalue weighted by atomic mass is 10.0. The van der Waals surface area contributed by atoms with Gasteiger partial charge in [0.2, 0.25) is 0 Å². The van der Waals surface area contributed by atoms with Gasteiger partial charge < -0.3 is 15.2 Å². The lowest BCUT2D eigenvalue weighted by molar-refractivity contribution is -0.0885. The van der Waals surface area contributed by atoms with E-state index in [0.717, 1.165) is 12.1 Å². The van der Waals surface area contributed by atoms with E-state index in [0.29, 0.717) is 63.8 Å². The number of imidazole rings is 1. The second kappa shape index (κ2) is 10.4. The number of nitrogens with zero attached hydrogens (tertiary/aromatic N) is 2. The van der Waals surface area contributed by atoms with Crippen LogP contribution < -0.4 is 11.0 Å². The molecule has 1 aliphatic rings. The van der Waals surface area contributed by atoms with E-state index in [-0.39, 0.29) is 17.8 Å². The molecule has 12 heteroatoms. The number of Topliss-reactive ketones (excluding diaryl/α,β-unsaturated/α-hetero) is 1. The Bertz CT molecular complexity index is 1620. The van der Waals surface area contributed by atoms with Crippen molar-refractivity contribution in [3.63, 3.8) is 0 Å². The van der Waals surface area contributed by atoms with Crippen LogP contribution in [-0.4, -0.2) is 45.5 Å². The lowest BCUT2D eigenvalue weighted by Crippen LogP contribution is -2.42. The average molecular weight is 577 g/mol. The number of aromatic nitrogens is 2. The maximum Gasteiger partial charge on any atom is 0.454 e. The minimum Gasteiger partial charge on any atom is -0.324 e. The fraction of sp³-hybridized carbons (Fsp3) is 0.222. The second-order valence-electron chi connectivity index (χ2n) is 9.18. The Labute approximate surface area is 230 Å². The number of carbonyl (C=O) groups is 2. The number of rotatable bonds is 4. The van der Waals surface area contributed by atoms with Crippen LogP contribution in [0.15, 0.2) is 65.5 Å². The molecule has 1 fully saturated rings. The van der Waals surface area contributed by atoms with Crippen molar-refractivity contribution in [1.82, 2.24) is 14.5 Å². The number of urea groups is 1. The van der Waals surface area contributed by atoms with Crippen molar-refractivity contribution in [2.75, 3.05) is 18.4 Å². The van der Waals surface area contributed by atoms with Crippen molar-refractivity contribution >= 4 is 51.7 Å². The van der Waals surface area contributed by atoms with Crippen LogP contribution in [0.2, 0.25) is 10.0 Å². The summed E-state index contributed by atoms with van der Waals surface area (Å²) in [6.07, 6.45) is -3.87. The number of amides is 2. The summed E-state index contributed by atoms with van der Waals surface area (Å²) in [6, 6.07) is 14.8. The third-order valence-corrected chi connectivity index (χ3v) is 7.50. The number of para-hydroxylation sites is 1. The molecule has 39 heavy (non-hydrogen) atoms. The van der Waals surface area contributed by atoms with Gasteiger partial charge in [0.05, 0.1) is 21.1 Å². The summed E-state index contributed by atoms with van der Waals surface area (Å²) in [6.45, 7) is 0.844. The van der Waals surface area contributed by atoms with Crippen LogP contribution in [0.3, 0.4) is 0 Å². The van der Waals surface area contributed by atoms with Crippen LogP contribution in [0.4, 0.5) is 23.7 Å². The summed E-state index contributed by atoms with van der Waals surface area (Å²) in [5, 5.41) is 3.52. The first-order valence-corrected chi connectivity index (χ1v) is 12.7. The molecule has 3 aromatic carbocycles. The van der Waals surface area contributed by atoms with Crippen LogP contribution in [0, 0.1) is 0 Å². The first-order chi connectivity index (χ1) is 18.5. The SMILES string of the molecule is O=C(Nc1ccc(Cl)c(Cl)c1)N1CCC(n2c(=O)[nH]c3c(-c4ccc(C(=O)C(F)(F)F)cc4)cccc32)CC1. The molecule has 1 aliphatic heterocycles. The molecule has 0 bridgehead atoms. The zero-order chi connectivity index (χ0) is 27.9. The summed E-state index contributed by atoms with van der Waals surface area (Å²) in [5.74, 6) is -1.91. The zero-order valence-electron chi connectivity index (χ0n) is 20.2. The van der Waals surface area contributed by atoms with Crippen LogP contribution >= 0.6 is 23.2 Å². The fourth-order valence-corrected chi connectivity index (χ4v) is 5.12. The van der Waals surface area contributed by atoms with Gasteiger partial charge in [-0.05, 0) is 42.7 Å². The lowest BCUT2D eigenvalue weighted by Gasteiger charge is -2.32. The van der Waals surface area contributed by atoms with Crippen LogP contribution in [0.1, 0.15) is 29.2 Å². The maximum atomic E-state index is 13.0. The van der Waals surface area contributed by atoms with Crippen molar-refractivity contribution in [3.05, 3.63) is 86.8 Å². The largest absolute Gasteiger partial charge is 0.454 e. The Morgan fingerprint density at radius 2 is 1.64 bits per heavy atom. The Kier molecular flexibility index (Phi) is 7.17. The number of hydrogen-bond donors (Lipinski definition) is 2. The quantitative estimate of drug-likeness (QED) is 0.258. The number of piperidine rings is 1. The standard InChI is InChI=1S/C27H21Cl2F3N4O3/c28-20-9-8-17(14-21(20)29)33-25(38)35-12-10-18(11-13-35)36-22-3-1-2-19(23(22)34-26(36)39)15-4-6-16(7-5-15)24(37)27(30,31)32/h1-9,14,18H,10-13H2,(H,33,38)(H,34,39). The van der Waals surface area contributed by atoms with Crippen molar-refractivity contribution in [1.29, 1.82) is 0 Å². The summed E-state index contributed by atoms with van der Waals surface area (Å²) < 4.78 is 39.9. The molecule has 0 radical (unpaired) electrons. The van der Waals surface area contributed by atoms with E-state index in [1.165, 1.54) is 12.1 Å². The minimum absolute atomic E-state index is 0.165. The number of alkyl halides is 3. The van der Waals surface area contributed by atoms with E-state index < -0.39 is 17.5 Å². The number of hydrogen-bond acceptors (Lipinski definition) is 3. The highest BCUT2D eigenvalue weighted by atomic mass is 35.5. The molecule has 2 amide bonds. The first-order valence-electron chi connectivity index (χ1n) is 12.0. The topological polar surface area (TPSA) is 87.2 Å². The molecule has 0 aliphatic carbocycles. The van der Waals surface area contributed by atoms with Crippen LogP contribution in [0.25, 0.3) is 22.2 Å². The number of nitrogens with one attached hydrogen (secondary N) is 2. The number of carbonyl (C=O) groups excluding carboxylic acids is 2. The number of H-pyrrole nitrogens is 1. The van der Waals surface area contributed by atoms with Gasteiger partial charge in [-0.1, -0.05) is 59.6 Å². The van der Waals surface area contributed by atoms with E-state index in [2.05, 4.69) is 10.3 Å². The van der Waals surface area contributed by atoms with Crippen LogP contribution in [-0.2, 0) is 0 Å². The summed E-state index contributed by atoms with van der Waals surface area (Å²) >= 11 is 11.9. The number of ketones is 1. The highest BCUT2D eigenvalue weighted by Gasteiger charge is 2.39. The van der Waals surface area contributed by atoms with Crippen molar-refractivity contribution < 1.29 is 22.8 Å². The van der Waals surface area contributed by atoms with Gasteiger partial charge in [0.1, 0.15) is 0 Å². The second-order valence-corrected chi connectivity index (χ2v) is 10.00. The molecule has 2 N–H and O–H groups in total. The van der Waals surface area contributed by atoms with Gasteiger partial charge >= 0.3 is 17.9 Å². The third kappa shape index (κ3) is 5.39. The zero-order valence-corrected chi connectivity index (χ0v) is 21.7. The van der Waals surface area contributed by atoms with Crippen molar-refractivity contribution in [2.45, 2.75) is 25.1 Å². The van der Waals surface area contributed by atoms with Gasteiger partial charge in [-0.15, -0.1) is 0 Å². The molecule has 0 unspecified atom stereocenters. The Morgan fingerprint density at radius 1 is 0.949 bits per heavy atom. The number of anilines is 1. The molecule has 5 rings (SSSR count). The van der Waals surface area contributed by atoms with Gasteiger partial charge in [0, 0.05) is 35.9 Å². The highest BCUT2D eigenvalue weighted by Crippen LogP contribution is 2.32. The predicted octanol–water partition coefficient (Wildman–Crippen LogP) is 6.92.